The molecule has 2 aliphatic rings. The summed E-state index contributed by atoms with van der Waals surface area (Å²) in [6, 6.07) is 0.0138. The van der Waals surface area contributed by atoms with E-state index in [0.29, 0.717) is 0 Å². The van der Waals surface area contributed by atoms with Crippen molar-refractivity contribution in [1.82, 2.24) is 5.32 Å². The maximum atomic E-state index is 11.2. The molecule has 0 aromatic heterocycles. The smallest absolute Gasteiger partial charge is 0.217 e. The van der Waals surface area contributed by atoms with E-state index in [9.17, 15) is 25.2 Å². The van der Waals surface area contributed by atoms with E-state index >= 15 is 0 Å². The monoisotopic (exact) mass is 321 g/mol. The van der Waals surface area contributed by atoms with Gasteiger partial charge in [0, 0.05) is 18.2 Å². The van der Waals surface area contributed by atoms with Gasteiger partial charge in [0.1, 0.15) is 29.9 Å². The van der Waals surface area contributed by atoms with Crippen LogP contribution in [0.5, 0.6) is 0 Å². The van der Waals surface area contributed by atoms with E-state index in [1.54, 1.807) is 0 Å². The van der Waals surface area contributed by atoms with Crippen molar-refractivity contribution in [3.05, 3.63) is 0 Å². The minimum atomic E-state index is -1.35. The Morgan fingerprint density at radius 1 is 1.24 bits per heavy atom. The molecule has 1 aliphatic heterocycles. The van der Waals surface area contributed by atoms with Crippen molar-refractivity contribution in [2.45, 2.75) is 67.3 Å². The number of hydrogen-bond donors (Lipinski definition) is 5. The number of carbonyl (C=O) groups is 1. The van der Waals surface area contributed by atoms with Gasteiger partial charge >= 0.3 is 0 Å². The van der Waals surface area contributed by atoms with Gasteiger partial charge in [-0.3, -0.25) is 4.79 Å². The van der Waals surface area contributed by atoms with E-state index in [4.69, 9.17) is 4.74 Å². The highest BCUT2D eigenvalue weighted by Crippen LogP contribution is 2.37. The summed E-state index contributed by atoms with van der Waals surface area (Å²) in [6.45, 7) is 1.04. The average Bonchev–Trinajstić information content (AvgIpc) is 2.86. The fraction of sp³-hybridized carbons (Fsp3) is 0.923. The molecule has 5 N–H and O–H groups in total. The summed E-state index contributed by atoms with van der Waals surface area (Å²) in [7, 11) is 0. The molecule has 21 heavy (non-hydrogen) atoms. The third-order valence-electron chi connectivity index (χ3n) is 4.00. The van der Waals surface area contributed by atoms with Gasteiger partial charge in [0.25, 0.3) is 0 Å². The van der Waals surface area contributed by atoms with Crippen molar-refractivity contribution in [1.29, 1.82) is 0 Å². The molecular formula is C13H23NO6S. The second kappa shape index (κ2) is 7.26. The van der Waals surface area contributed by atoms with Crippen molar-refractivity contribution in [3.8, 4) is 0 Å². The van der Waals surface area contributed by atoms with Gasteiger partial charge in [0.05, 0.1) is 6.61 Å². The number of hydrogen-bond acceptors (Lipinski definition) is 7. The largest absolute Gasteiger partial charge is 0.394 e. The molecule has 0 spiro atoms. The van der Waals surface area contributed by atoms with Crippen molar-refractivity contribution < 1.29 is 30.0 Å². The Kier molecular flexibility index (Phi) is 5.87. The molecule has 1 heterocycles. The molecule has 0 bridgehead atoms. The van der Waals surface area contributed by atoms with Crippen LogP contribution in [0.2, 0.25) is 0 Å². The molecule has 2 rings (SSSR count). The number of ether oxygens (including phenoxy) is 1. The van der Waals surface area contributed by atoms with E-state index in [1.165, 1.54) is 18.7 Å². The molecule has 0 aromatic rings. The molecule has 1 saturated heterocycles. The lowest BCUT2D eigenvalue weighted by molar-refractivity contribution is -0.205. The summed E-state index contributed by atoms with van der Waals surface area (Å²) in [5.41, 5.74) is -0.736. The highest BCUT2D eigenvalue weighted by atomic mass is 32.2. The van der Waals surface area contributed by atoms with Crippen LogP contribution in [-0.2, 0) is 9.53 Å². The van der Waals surface area contributed by atoms with Crippen LogP contribution in [0.3, 0.4) is 0 Å². The standard InChI is InChI=1S/C13H23NO6S/c1-6(16)14-7-3-2-4-9(7)21-13-12(19)11(18)10(17)8(5-15)20-13/h7-13,15,17-19H,2-5H2,1H3,(H,14,16)/t7?,8-,9?,10+,11+,12-,13?/m1/s1. The molecule has 1 saturated carbocycles. The zero-order valence-electron chi connectivity index (χ0n) is 11.9. The van der Waals surface area contributed by atoms with Gasteiger partial charge in [0.15, 0.2) is 0 Å². The Bertz CT molecular complexity index is 369. The first-order valence-electron chi connectivity index (χ1n) is 7.17. The first-order chi connectivity index (χ1) is 9.93. The van der Waals surface area contributed by atoms with E-state index in [2.05, 4.69) is 5.32 Å². The first-order valence-corrected chi connectivity index (χ1v) is 8.11. The Morgan fingerprint density at radius 3 is 2.57 bits per heavy atom. The van der Waals surface area contributed by atoms with Crippen molar-refractivity contribution in [2.75, 3.05) is 6.61 Å². The fourth-order valence-corrected chi connectivity index (χ4v) is 4.44. The zero-order valence-corrected chi connectivity index (χ0v) is 12.7. The molecule has 2 fully saturated rings. The maximum absolute atomic E-state index is 11.2. The van der Waals surface area contributed by atoms with Crippen LogP contribution in [0, 0.1) is 0 Å². The van der Waals surface area contributed by atoms with Crippen LogP contribution in [0.1, 0.15) is 26.2 Å². The highest BCUT2D eigenvalue weighted by molar-refractivity contribution is 8.00. The summed E-state index contributed by atoms with van der Waals surface area (Å²) in [6.07, 6.45) is -2.09. The third-order valence-corrected chi connectivity index (χ3v) is 5.57. The summed E-state index contributed by atoms with van der Waals surface area (Å²) >= 11 is 1.34. The number of carbonyl (C=O) groups excluding carboxylic acids is 1. The zero-order chi connectivity index (χ0) is 15.6. The van der Waals surface area contributed by atoms with Gasteiger partial charge in [0.2, 0.25) is 5.91 Å². The van der Waals surface area contributed by atoms with Gasteiger partial charge in [-0.15, -0.1) is 11.8 Å². The van der Waals surface area contributed by atoms with Gasteiger partial charge in [-0.2, -0.15) is 0 Å². The number of nitrogens with one attached hydrogen (secondary N) is 1. The van der Waals surface area contributed by atoms with Crippen LogP contribution >= 0.6 is 11.8 Å². The van der Waals surface area contributed by atoms with E-state index < -0.39 is 36.5 Å². The molecule has 0 aromatic carbocycles. The molecule has 7 nitrogen and oxygen atoms in total. The maximum Gasteiger partial charge on any atom is 0.217 e. The van der Waals surface area contributed by atoms with Gasteiger partial charge in [-0.1, -0.05) is 6.42 Å². The Labute approximate surface area is 127 Å². The van der Waals surface area contributed by atoms with Crippen LogP contribution in [0.25, 0.3) is 0 Å². The van der Waals surface area contributed by atoms with E-state index in [-0.39, 0.29) is 17.2 Å². The summed E-state index contributed by atoms with van der Waals surface area (Å²) in [5.74, 6) is -0.0960. The molecule has 7 atom stereocenters. The lowest BCUT2D eigenvalue weighted by Crippen LogP contribution is -2.58. The lowest BCUT2D eigenvalue weighted by atomic mass is 10.0. The third kappa shape index (κ3) is 3.88. The van der Waals surface area contributed by atoms with E-state index in [0.717, 1.165) is 19.3 Å². The SMILES string of the molecule is CC(=O)NC1CCCC1SC1O[C@H](CO)[C@H](O)[C@H](O)[C@H]1O. The fourth-order valence-electron chi connectivity index (χ4n) is 2.87. The van der Waals surface area contributed by atoms with Crippen LogP contribution < -0.4 is 5.32 Å². The number of aliphatic hydroxyl groups is 4. The van der Waals surface area contributed by atoms with Crippen LogP contribution in [0.15, 0.2) is 0 Å². The second-order valence-corrected chi connectivity index (χ2v) is 6.95. The average molecular weight is 321 g/mol. The van der Waals surface area contributed by atoms with Gasteiger partial charge in [-0.05, 0) is 12.8 Å². The summed E-state index contributed by atoms with van der Waals surface area (Å²) in [5, 5.41) is 41.7. The Balaban J connectivity index is 1.98. The van der Waals surface area contributed by atoms with Crippen molar-refractivity contribution in [3.63, 3.8) is 0 Å². The normalized spacial score (nSPS) is 43.8. The predicted octanol–water partition coefficient (Wildman–Crippen LogP) is -1.42. The van der Waals surface area contributed by atoms with Crippen molar-refractivity contribution >= 4 is 17.7 Å². The molecule has 0 radical (unpaired) electrons. The number of thioether (sulfide) groups is 1. The summed E-state index contributed by atoms with van der Waals surface area (Å²) in [4.78, 5) is 11.2. The molecular weight excluding hydrogens is 298 g/mol. The number of rotatable bonds is 4. The van der Waals surface area contributed by atoms with Gasteiger partial charge < -0.3 is 30.5 Å². The molecule has 8 heteroatoms. The molecule has 1 aliphatic carbocycles. The summed E-state index contributed by atoms with van der Waals surface area (Å²) < 4.78 is 5.49. The molecule has 1 amide bonds. The Morgan fingerprint density at radius 2 is 1.95 bits per heavy atom. The van der Waals surface area contributed by atoms with E-state index in [1.807, 2.05) is 0 Å². The minimum Gasteiger partial charge on any atom is -0.394 e. The van der Waals surface area contributed by atoms with Crippen molar-refractivity contribution in [2.24, 2.45) is 0 Å². The minimum absolute atomic E-state index is 0.0138. The highest BCUT2D eigenvalue weighted by Gasteiger charge is 2.45. The molecule has 122 valence electrons. The quantitative estimate of drug-likeness (QED) is 0.431. The first kappa shape index (κ1) is 17.0. The van der Waals surface area contributed by atoms with Crippen LogP contribution in [-0.4, -0.2) is 74.1 Å². The lowest BCUT2D eigenvalue weighted by Gasteiger charge is -2.41. The topological polar surface area (TPSA) is 119 Å². The van der Waals surface area contributed by atoms with Crippen LogP contribution in [0.4, 0.5) is 0 Å². The second-order valence-electron chi connectivity index (χ2n) is 5.61. The predicted molar refractivity (Wildman–Crippen MR) is 76.6 cm³/mol. The van der Waals surface area contributed by atoms with Gasteiger partial charge in [-0.25, -0.2) is 0 Å². The Hall–Kier alpha value is -0.380. The molecule has 3 unspecified atom stereocenters. The number of amides is 1. The number of aliphatic hydroxyl groups excluding tert-OH is 4.